The molecule has 6 heteroatoms. The predicted molar refractivity (Wildman–Crippen MR) is 115 cm³/mol. The Morgan fingerprint density at radius 2 is 1.59 bits per heavy atom. The summed E-state index contributed by atoms with van der Waals surface area (Å²) in [6.45, 7) is 6.53. The van der Waals surface area contributed by atoms with Crippen molar-refractivity contribution in [2.75, 3.05) is 23.3 Å². The van der Waals surface area contributed by atoms with Crippen molar-refractivity contribution in [3.8, 4) is 0 Å². The first-order valence-electron chi connectivity index (χ1n) is 9.69. The Morgan fingerprint density at radius 1 is 0.931 bits per heavy atom. The van der Waals surface area contributed by atoms with Crippen LogP contribution in [0, 0.1) is 5.82 Å². The van der Waals surface area contributed by atoms with Crippen molar-refractivity contribution in [3.05, 3.63) is 83.9 Å². The summed E-state index contributed by atoms with van der Waals surface area (Å²) in [5.74, 6) is -0.572. The molecule has 150 valence electrons. The van der Waals surface area contributed by atoms with Gasteiger partial charge >= 0.3 is 0 Å². The number of hydrogen-bond donors (Lipinski definition) is 2. The van der Waals surface area contributed by atoms with Crippen LogP contribution in [0.25, 0.3) is 0 Å². The Balaban J connectivity index is 1.56. The topological polar surface area (TPSA) is 57.3 Å². The molecule has 0 radical (unpaired) electrons. The molecule has 29 heavy (non-hydrogen) atoms. The number of aromatic nitrogens is 1. The molecule has 0 unspecified atom stereocenters. The molecule has 5 nitrogen and oxygen atoms in total. The number of nitrogens with zero attached hydrogens (tertiary/aromatic N) is 2. The zero-order valence-corrected chi connectivity index (χ0v) is 16.7. The normalized spacial score (nSPS) is 10.4. The first-order valence-corrected chi connectivity index (χ1v) is 9.69. The Labute approximate surface area is 170 Å². The maximum absolute atomic E-state index is 12.9. The van der Waals surface area contributed by atoms with E-state index in [4.69, 9.17) is 0 Å². The van der Waals surface area contributed by atoms with Gasteiger partial charge in [0, 0.05) is 31.0 Å². The lowest BCUT2D eigenvalue weighted by atomic mass is 10.2. The predicted octanol–water partition coefficient (Wildman–Crippen LogP) is 4.74. The number of pyridine rings is 1. The fraction of sp³-hybridized carbons (Fsp3) is 0.217. The summed E-state index contributed by atoms with van der Waals surface area (Å²) in [7, 11) is 0. The van der Waals surface area contributed by atoms with Crippen LogP contribution in [0.2, 0.25) is 0 Å². The standard InChI is InChI=1S/C23H25FN4O/c1-3-28(4-2)21-12-9-19(10-13-21)27-20-11-14-22(25-16-20)23(29)26-15-17-5-7-18(24)8-6-17/h5-14,16,27H,3-4,15H2,1-2H3,(H,26,29). The fourth-order valence-electron chi connectivity index (χ4n) is 2.99. The van der Waals surface area contributed by atoms with Crippen molar-refractivity contribution in [1.29, 1.82) is 0 Å². The van der Waals surface area contributed by atoms with E-state index in [0.717, 1.165) is 30.0 Å². The van der Waals surface area contributed by atoms with Gasteiger partial charge in [-0.3, -0.25) is 4.79 Å². The lowest BCUT2D eigenvalue weighted by Crippen LogP contribution is -2.23. The molecule has 2 N–H and O–H groups in total. The maximum atomic E-state index is 12.9. The molecule has 0 saturated heterocycles. The van der Waals surface area contributed by atoms with Gasteiger partial charge in [-0.1, -0.05) is 12.1 Å². The van der Waals surface area contributed by atoms with E-state index in [1.807, 2.05) is 18.2 Å². The van der Waals surface area contributed by atoms with Crippen molar-refractivity contribution >= 4 is 23.0 Å². The van der Waals surface area contributed by atoms with Gasteiger partial charge in [0.25, 0.3) is 5.91 Å². The minimum absolute atomic E-state index is 0.274. The summed E-state index contributed by atoms with van der Waals surface area (Å²) in [4.78, 5) is 18.8. The van der Waals surface area contributed by atoms with E-state index in [9.17, 15) is 9.18 Å². The van der Waals surface area contributed by atoms with Gasteiger partial charge in [-0.05, 0) is 67.9 Å². The third-order valence-electron chi connectivity index (χ3n) is 4.65. The summed E-state index contributed by atoms with van der Waals surface area (Å²) >= 11 is 0. The molecule has 0 aliphatic heterocycles. The second kappa shape index (κ2) is 9.68. The molecule has 0 aliphatic carbocycles. The first-order chi connectivity index (χ1) is 14.1. The van der Waals surface area contributed by atoms with E-state index in [1.54, 1.807) is 24.4 Å². The van der Waals surface area contributed by atoms with Crippen molar-refractivity contribution in [1.82, 2.24) is 10.3 Å². The molecule has 1 amide bonds. The molecule has 0 bridgehead atoms. The van der Waals surface area contributed by atoms with Gasteiger partial charge in [-0.15, -0.1) is 0 Å². The zero-order valence-electron chi connectivity index (χ0n) is 16.7. The highest BCUT2D eigenvalue weighted by atomic mass is 19.1. The molecule has 3 aromatic rings. The Kier molecular flexibility index (Phi) is 6.79. The molecule has 0 saturated carbocycles. The molecule has 3 rings (SSSR count). The van der Waals surface area contributed by atoms with Crippen molar-refractivity contribution in [2.45, 2.75) is 20.4 Å². The first kappa shape index (κ1) is 20.3. The second-order valence-electron chi connectivity index (χ2n) is 6.59. The highest BCUT2D eigenvalue weighted by molar-refractivity contribution is 5.92. The van der Waals surface area contributed by atoms with Gasteiger partial charge in [0.1, 0.15) is 11.5 Å². The Bertz CT molecular complexity index is 921. The van der Waals surface area contributed by atoms with Gasteiger partial charge < -0.3 is 15.5 Å². The smallest absolute Gasteiger partial charge is 0.270 e. The molecule has 0 fully saturated rings. The van der Waals surface area contributed by atoms with Gasteiger partial charge in [0.05, 0.1) is 11.9 Å². The van der Waals surface area contributed by atoms with Crippen molar-refractivity contribution in [3.63, 3.8) is 0 Å². The number of carbonyl (C=O) groups excluding carboxylic acids is 1. The van der Waals surface area contributed by atoms with Crippen LogP contribution in [0.15, 0.2) is 66.9 Å². The van der Waals surface area contributed by atoms with Gasteiger partial charge in [0.2, 0.25) is 0 Å². The third-order valence-corrected chi connectivity index (χ3v) is 4.65. The largest absolute Gasteiger partial charge is 0.372 e. The number of halogens is 1. The van der Waals surface area contributed by atoms with E-state index < -0.39 is 0 Å². The van der Waals surface area contributed by atoms with Gasteiger partial charge in [-0.25, -0.2) is 9.37 Å². The number of anilines is 3. The zero-order chi connectivity index (χ0) is 20.6. The molecule has 1 heterocycles. The molecular formula is C23H25FN4O. The number of hydrogen-bond acceptors (Lipinski definition) is 4. The molecule has 0 spiro atoms. The number of rotatable bonds is 8. The summed E-state index contributed by atoms with van der Waals surface area (Å²) in [6.07, 6.45) is 1.63. The van der Waals surface area contributed by atoms with E-state index >= 15 is 0 Å². The summed E-state index contributed by atoms with van der Waals surface area (Å²) in [6, 6.07) is 17.7. The number of nitrogens with one attached hydrogen (secondary N) is 2. The van der Waals surface area contributed by atoms with Crippen LogP contribution in [0.4, 0.5) is 21.5 Å². The van der Waals surface area contributed by atoms with E-state index in [2.05, 4.69) is 46.5 Å². The van der Waals surface area contributed by atoms with Crippen LogP contribution in [0.1, 0.15) is 29.9 Å². The summed E-state index contributed by atoms with van der Waals surface area (Å²) < 4.78 is 12.9. The minimum Gasteiger partial charge on any atom is -0.372 e. The average molecular weight is 392 g/mol. The van der Waals surface area contributed by atoms with Gasteiger partial charge in [0.15, 0.2) is 0 Å². The van der Waals surface area contributed by atoms with E-state index in [-0.39, 0.29) is 11.7 Å². The van der Waals surface area contributed by atoms with Crippen LogP contribution in [0.3, 0.4) is 0 Å². The third kappa shape index (κ3) is 5.54. The van der Waals surface area contributed by atoms with Crippen molar-refractivity contribution in [2.24, 2.45) is 0 Å². The lowest BCUT2D eigenvalue weighted by molar-refractivity contribution is 0.0946. The number of amides is 1. The summed E-state index contributed by atoms with van der Waals surface area (Å²) in [5, 5.41) is 6.07. The maximum Gasteiger partial charge on any atom is 0.270 e. The molecule has 2 aromatic carbocycles. The van der Waals surface area contributed by atoms with Crippen LogP contribution in [0.5, 0.6) is 0 Å². The molecular weight excluding hydrogens is 367 g/mol. The van der Waals surface area contributed by atoms with Crippen molar-refractivity contribution < 1.29 is 9.18 Å². The molecule has 0 atom stereocenters. The average Bonchev–Trinajstić information content (AvgIpc) is 2.76. The molecule has 1 aromatic heterocycles. The SMILES string of the molecule is CCN(CC)c1ccc(Nc2ccc(C(=O)NCc3ccc(F)cc3)nc2)cc1. The van der Waals surface area contributed by atoms with Crippen LogP contribution >= 0.6 is 0 Å². The summed E-state index contributed by atoms with van der Waals surface area (Å²) in [5.41, 5.74) is 4.10. The van der Waals surface area contributed by atoms with Crippen LogP contribution in [-0.4, -0.2) is 24.0 Å². The second-order valence-corrected chi connectivity index (χ2v) is 6.59. The Morgan fingerprint density at radius 3 is 2.17 bits per heavy atom. The quantitative estimate of drug-likeness (QED) is 0.581. The van der Waals surface area contributed by atoms with E-state index in [1.165, 1.54) is 17.8 Å². The molecule has 0 aliphatic rings. The van der Waals surface area contributed by atoms with E-state index in [0.29, 0.717) is 12.2 Å². The lowest BCUT2D eigenvalue weighted by Gasteiger charge is -2.21. The van der Waals surface area contributed by atoms with Crippen LogP contribution in [-0.2, 0) is 6.54 Å². The van der Waals surface area contributed by atoms with Gasteiger partial charge in [-0.2, -0.15) is 0 Å². The monoisotopic (exact) mass is 392 g/mol. The van der Waals surface area contributed by atoms with Crippen LogP contribution < -0.4 is 15.5 Å². The highest BCUT2D eigenvalue weighted by Crippen LogP contribution is 2.21. The Hall–Kier alpha value is -3.41. The fourth-order valence-corrected chi connectivity index (χ4v) is 2.99. The minimum atomic E-state index is -0.299. The highest BCUT2D eigenvalue weighted by Gasteiger charge is 2.07. The number of carbonyl (C=O) groups is 1. The number of benzene rings is 2.